The Labute approximate surface area is 141 Å². The number of carbonyl (C=O) groups is 1. The Morgan fingerprint density at radius 3 is 2.57 bits per heavy atom. The maximum absolute atomic E-state index is 12.6. The van der Waals surface area contributed by atoms with E-state index < -0.39 is 0 Å². The maximum Gasteiger partial charge on any atom is 0.230 e. The summed E-state index contributed by atoms with van der Waals surface area (Å²) in [7, 11) is 1.65. The van der Waals surface area contributed by atoms with Gasteiger partial charge < -0.3 is 10.1 Å². The molecule has 1 N–H and O–H groups in total. The largest absolute Gasteiger partial charge is 0.497 e. The van der Waals surface area contributed by atoms with E-state index in [9.17, 15) is 4.79 Å². The van der Waals surface area contributed by atoms with E-state index in [0.717, 1.165) is 30.6 Å². The lowest BCUT2D eigenvalue weighted by molar-refractivity contribution is -0.123. The summed E-state index contributed by atoms with van der Waals surface area (Å²) in [5.74, 6) is 0.948. The van der Waals surface area contributed by atoms with Gasteiger partial charge in [0.25, 0.3) is 0 Å². The molecular weight excluding hydrogens is 310 g/mol. The molecule has 0 aliphatic heterocycles. The molecule has 1 aliphatic rings. The molecule has 3 nitrogen and oxygen atoms in total. The zero-order valence-corrected chi connectivity index (χ0v) is 13.9. The van der Waals surface area contributed by atoms with Crippen LogP contribution in [0, 0.1) is 0 Å². The lowest BCUT2D eigenvalue weighted by atomic mass is 9.95. The van der Waals surface area contributed by atoms with E-state index in [1.165, 1.54) is 5.56 Å². The van der Waals surface area contributed by atoms with E-state index in [0.29, 0.717) is 11.6 Å². The Bertz CT molecular complexity index is 693. The third-order valence-electron chi connectivity index (χ3n) is 4.42. The number of benzene rings is 2. The van der Waals surface area contributed by atoms with Crippen molar-refractivity contribution < 1.29 is 9.53 Å². The van der Waals surface area contributed by atoms with Gasteiger partial charge in [0.2, 0.25) is 5.91 Å². The molecule has 1 aliphatic carbocycles. The van der Waals surface area contributed by atoms with Gasteiger partial charge in [-0.1, -0.05) is 35.9 Å². The minimum absolute atomic E-state index is 0.105. The van der Waals surface area contributed by atoms with E-state index in [-0.39, 0.29) is 11.3 Å². The van der Waals surface area contributed by atoms with Gasteiger partial charge in [-0.25, -0.2) is 0 Å². The number of halogens is 1. The highest BCUT2D eigenvalue weighted by Gasteiger charge is 2.51. The van der Waals surface area contributed by atoms with Crippen LogP contribution in [0.15, 0.2) is 48.5 Å². The third-order valence-corrected chi connectivity index (χ3v) is 4.66. The first kappa shape index (κ1) is 15.9. The van der Waals surface area contributed by atoms with Gasteiger partial charge in [-0.15, -0.1) is 0 Å². The van der Waals surface area contributed by atoms with Gasteiger partial charge >= 0.3 is 0 Å². The maximum atomic E-state index is 12.6. The Hall–Kier alpha value is -2.00. The molecule has 2 aromatic carbocycles. The Morgan fingerprint density at radius 1 is 1.22 bits per heavy atom. The van der Waals surface area contributed by atoms with Gasteiger partial charge in [0.15, 0.2) is 0 Å². The van der Waals surface area contributed by atoms with Gasteiger partial charge in [0, 0.05) is 11.6 Å². The second-order valence-electron chi connectivity index (χ2n) is 5.95. The van der Waals surface area contributed by atoms with Crippen molar-refractivity contribution in [2.45, 2.75) is 24.7 Å². The predicted molar refractivity (Wildman–Crippen MR) is 92.1 cm³/mol. The number of hydrogen-bond acceptors (Lipinski definition) is 2. The van der Waals surface area contributed by atoms with Crippen molar-refractivity contribution in [3.63, 3.8) is 0 Å². The van der Waals surface area contributed by atoms with E-state index in [1.54, 1.807) is 7.11 Å². The number of carbonyl (C=O) groups excluding carboxylic acids is 1. The molecular formula is C19H20ClNO2. The van der Waals surface area contributed by atoms with Gasteiger partial charge in [-0.3, -0.25) is 4.79 Å². The standard InChI is InChI=1S/C19H20ClNO2/c1-23-17-7-5-14(6-8-17)9-12-21-18(22)19(10-11-19)15-3-2-4-16(20)13-15/h2-8,13H,9-12H2,1H3,(H,21,22). The molecule has 2 aromatic rings. The van der Waals surface area contributed by atoms with E-state index in [1.807, 2.05) is 48.5 Å². The van der Waals surface area contributed by atoms with Crippen molar-refractivity contribution in [2.24, 2.45) is 0 Å². The summed E-state index contributed by atoms with van der Waals surface area (Å²) in [5.41, 5.74) is 1.83. The molecule has 1 amide bonds. The van der Waals surface area contributed by atoms with Gasteiger partial charge in [-0.2, -0.15) is 0 Å². The van der Waals surface area contributed by atoms with Crippen LogP contribution in [-0.2, 0) is 16.6 Å². The molecule has 0 heterocycles. The van der Waals surface area contributed by atoms with Crippen LogP contribution >= 0.6 is 11.6 Å². The number of methoxy groups -OCH3 is 1. The molecule has 0 saturated heterocycles. The van der Waals surface area contributed by atoms with Crippen LogP contribution in [0.25, 0.3) is 0 Å². The first-order chi connectivity index (χ1) is 11.1. The zero-order chi connectivity index (χ0) is 16.3. The van der Waals surface area contributed by atoms with E-state index in [4.69, 9.17) is 16.3 Å². The van der Waals surface area contributed by atoms with Crippen molar-refractivity contribution in [2.75, 3.05) is 13.7 Å². The molecule has 0 bridgehead atoms. The highest BCUT2D eigenvalue weighted by molar-refractivity contribution is 6.30. The van der Waals surface area contributed by atoms with Crippen LogP contribution in [0.4, 0.5) is 0 Å². The van der Waals surface area contributed by atoms with Crippen molar-refractivity contribution in [1.82, 2.24) is 5.32 Å². The number of hydrogen-bond donors (Lipinski definition) is 1. The molecule has 1 fully saturated rings. The average molecular weight is 330 g/mol. The quantitative estimate of drug-likeness (QED) is 0.876. The summed E-state index contributed by atoms with van der Waals surface area (Å²) >= 11 is 6.05. The van der Waals surface area contributed by atoms with Crippen LogP contribution in [0.5, 0.6) is 5.75 Å². The smallest absolute Gasteiger partial charge is 0.230 e. The molecule has 0 radical (unpaired) electrons. The van der Waals surface area contributed by atoms with Crippen LogP contribution in [-0.4, -0.2) is 19.6 Å². The zero-order valence-electron chi connectivity index (χ0n) is 13.1. The van der Waals surface area contributed by atoms with Crippen LogP contribution in [0.2, 0.25) is 5.02 Å². The fourth-order valence-corrected chi connectivity index (χ4v) is 3.03. The van der Waals surface area contributed by atoms with Crippen molar-refractivity contribution in [1.29, 1.82) is 0 Å². The fourth-order valence-electron chi connectivity index (χ4n) is 2.84. The number of rotatable bonds is 6. The number of amides is 1. The number of ether oxygens (including phenoxy) is 1. The van der Waals surface area contributed by atoms with Crippen LogP contribution < -0.4 is 10.1 Å². The molecule has 0 aromatic heterocycles. The molecule has 3 rings (SSSR count). The normalized spacial score (nSPS) is 15.0. The molecule has 0 unspecified atom stereocenters. The minimum Gasteiger partial charge on any atom is -0.497 e. The second kappa shape index (κ2) is 6.63. The van der Waals surface area contributed by atoms with Crippen LogP contribution in [0.3, 0.4) is 0 Å². The van der Waals surface area contributed by atoms with E-state index in [2.05, 4.69) is 5.32 Å². The van der Waals surface area contributed by atoms with Gasteiger partial charge in [0.05, 0.1) is 12.5 Å². The van der Waals surface area contributed by atoms with Gasteiger partial charge in [-0.05, 0) is 54.7 Å². The molecule has 23 heavy (non-hydrogen) atoms. The fraction of sp³-hybridized carbons (Fsp3) is 0.316. The summed E-state index contributed by atoms with van der Waals surface area (Å²) in [6, 6.07) is 15.5. The summed E-state index contributed by atoms with van der Waals surface area (Å²) in [5, 5.41) is 3.75. The summed E-state index contributed by atoms with van der Waals surface area (Å²) in [4.78, 5) is 12.6. The highest BCUT2D eigenvalue weighted by atomic mass is 35.5. The summed E-state index contributed by atoms with van der Waals surface area (Å²) in [6.45, 7) is 0.632. The molecule has 0 spiro atoms. The van der Waals surface area contributed by atoms with Crippen molar-refractivity contribution >= 4 is 17.5 Å². The monoisotopic (exact) mass is 329 g/mol. The predicted octanol–water partition coefficient (Wildman–Crippen LogP) is 3.74. The van der Waals surface area contributed by atoms with Crippen LogP contribution in [0.1, 0.15) is 24.0 Å². The lowest BCUT2D eigenvalue weighted by Gasteiger charge is -2.16. The Balaban J connectivity index is 1.57. The highest BCUT2D eigenvalue weighted by Crippen LogP contribution is 2.48. The number of nitrogens with one attached hydrogen (secondary N) is 1. The average Bonchev–Trinajstić information content (AvgIpc) is 3.37. The molecule has 4 heteroatoms. The molecule has 1 saturated carbocycles. The van der Waals surface area contributed by atoms with Gasteiger partial charge in [0.1, 0.15) is 5.75 Å². The first-order valence-electron chi connectivity index (χ1n) is 7.81. The Morgan fingerprint density at radius 2 is 1.96 bits per heavy atom. The van der Waals surface area contributed by atoms with Crippen molar-refractivity contribution in [3.8, 4) is 5.75 Å². The van der Waals surface area contributed by atoms with Crippen molar-refractivity contribution in [3.05, 3.63) is 64.7 Å². The lowest BCUT2D eigenvalue weighted by Crippen LogP contribution is -2.35. The topological polar surface area (TPSA) is 38.3 Å². The molecule has 0 atom stereocenters. The second-order valence-corrected chi connectivity index (χ2v) is 6.38. The third kappa shape index (κ3) is 3.50. The SMILES string of the molecule is COc1ccc(CCNC(=O)C2(c3cccc(Cl)c3)CC2)cc1. The molecule has 120 valence electrons. The summed E-state index contributed by atoms with van der Waals surface area (Å²) < 4.78 is 5.14. The minimum atomic E-state index is -0.370. The first-order valence-corrected chi connectivity index (χ1v) is 8.19. The Kier molecular flexibility index (Phi) is 4.58. The van der Waals surface area contributed by atoms with E-state index >= 15 is 0 Å². The summed E-state index contributed by atoms with van der Waals surface area (Å²) in [6.07, 6.45) is 2.59.